The second-order valence-corrected chi connectivity index (χ2v) is 5.12. The maximum absolute atomic E-state index is 12.5. The minimum atomic E-state index is -0.0538. The van der Waals surface area contributed by atoms with E-state index in [-0.39, 0.29) is 11.9 Å². The number of likely N-dealkylation sites (N-methyl/N-ethyl adjacent to an activating group) is 2. The second kappa shape index (κ2) is 6.52. The number of rotatable bonds is 5. The smallest absolute Gasteiger partial charge is 0.257 e. The summed E-state index contributed by atoms with van der Waals surface area (Å²) in [6.07, 6.45) is 1.57. The van der Waals surface area contributed by atoms with Crippen LogP contribution in [0, 0.1) is 6.92 Å². The third-order valence-electron chi connectivity index (χ3n) is 3.07. The first-order valence-corrected chi connectivity index (χ1v) is 6.54. The van der Waals surface area contributed by atoms with Gasteiger partial charge >= 0.3 is 0 Å². The third kappa shape index (κ3) is 3.92. The van der Waals surface area contributed by atoms with Crippen LogP contribution in [0.4, 0.5) is 5.69 Å². The summed E-state index contributed by atoms with van der Waals surface area (Å²) in [5, 5.41) is 0. The number of nitrogens with two attached hydrogens (primary N) is 1. The van der Waals surface area contributed by atoms with Crippen LogP contribution in [0.15, 0.2) is 12.3 Å². The molecular formula is C14H24N4O. The van der Waals surface area contributed by atoms with Gasteiger partial charge in [-0.1, -0.05) is 0 Å². The predicted octanol–water partition coefficient (Wildman–Crippen LogP) is 1.38. The van der Waals surface area contributed by atoms with Gasteiger partial charge in [0.15, 0.2) is 0 Å². The highest BCUT2D eigenvalue weighted by molar-refractivity contribution is 5.99. The summed E-state index contributed by atoms with van der Waals surface area (Å²) in [6.45, 7) is 7.35. The lowest BCUT2D eigenvalue weighted by atomic mass is 10.1. The molecule has 1 unspecified atom stereocenters. The Hall–Kier alpha value is -1.62. The highest BCUT2D eigenvalue weighted by Gasteiger charge is 2.22. The SMILES string of the molecule is CCN(C(=O)c1cnc(C)cc1N)C(C)CN(C)C. The first-order valence-electron chi connectivity index (χ1n) is 6.54. The first kappa shape index (κ1) is 15.4. The van der Waals surface area contributed by atoms with Gasteiger partial charge in [0.25, 0.3) is 5.91 Å². The van der Waals surface area contributed by atoms with Crippen molar-refractivity contribution in [1.29, 1.82) is 0 Å². The van der Waals surface area contributed by atoms with E-state index in [4.69, 9.17) is 5.73 Å². The van der Waals surface area contributed by atoms with Gasteiger partial charge in [0, 0.05) is 36.7 Å². The summed E-state index contributed by atoms with van der Waals surface area (Å²) in [6, 6.07) is 1.87. The highest BCUT2D eigenvalue weighted by atomic mass is 16.2. The summed E-state index contributed by atoms with van der Waals surface area (Å²) >= 11 is 0. The van der Waals surface area contributed by atoms with Crippen LogP contribution in [0.2, 0.25) is 0 Å². The average Bonchev–Trinajstić information content (AvgIpc) is 2.28. The maximum Gasteiger partial charge on any atom is 0.257 e. The quantitative estimate of drug-likeness (QED) is 0.873. The summed E-state index contributed by atoms with van der Waals surface area (Å²) in [5.41, 5.74) is 7.71. The Morgan fingerprint density at radius 1 is 1.47 bits per heavy atom. The van der Waals surface area contributed by atoms with Crippen molar-refractivity contribution in [2.24, 2.45) is 0 Å². The number of pyridine rings is 1. The van der Waals surface area contributed by atoms with E-state index in [1.807, 2.05) is 39.8 Å². The molecule has 0 aliphatic rings. The molecule has 0 aromatic carbocycles. The van der Waals surface area contributed by atoms with Crippen LogP contribution < -0.4 is 5.73 Å². The zero-order chi connectivity index (χ0) is 14.6. The first-order chi connectivity index (χ1) is 8.86. The molecule has 0 saturated heterocycles. The van der Waals surface area contributed by atoms with E-state index in [1.54, 1.807) is 12.3 Å². The summed E-state index contributed by atoms with van der Waals surface area (Å²) in [5.74, 6) is -0.0538. The lowest BCUT2D eigenvalue weighted by Gasteiger charge is -2.30. The van der Waals surface area contributed by atoms with Crippen LogP contribution in [0.5, 0.6) is 0 Å². The molecule has 106 valence electrons. The van der Waals surface area contributed by atoms with Crippen LogP contribution in [-0.2, 0) is 0 Å². The lowest BCUT2D eigenvalue weighted by molar-refractivity contribution is 0.0679. The fourth-order valence-electron chi connectivity index (χ4n) is 2.20. The minimum Gasteiger partial charge on any atom is -0.398 e. The van der Waals surface area contributed by atoms with Gasteiger partial charge in [-0.15, -0.1) is 0 Å². The molecule has 1 aromatic heterocycles. The molecule has 0 radical (unpaired) electrons. The Kier molecular flexibility index (Phi) is 5.30. The molecule has 1 aromatic rings. The van der Waals surface area contributed by atoms with Crippen LogP contribution >= 0.6 is 0 Å². The van der Waals surface area contributed by atoms with Crippen molar-refractivity contribution in [3.63, 3.8) is 0 Å². The van der Waals surface area contributed by atoms with E-state index in [0.29, 0.717) is 17.8 Å². The molecule has 19 heavy (non-hydrogen) atoms. The molecule has 0 saturated carbocycles. The van der Waals surface area contributed by atoms with Crippen molar-refractivity contribution < 1.29 is 4.79 Å². The Morgan fingerprint density at radius 2 is 2.11 bits per heavy atom. The zero-order valence-corrected chi connectivity index (χ0v) is 12.5. The van der Waals surface area contributed by atoms with Crippen LogP contribution in [0.3, 0.4) is 0 Å². The summed E-state index contributed by atoms with van der Waals surface area (Å²) < 4.78 is 0. The number of nitrogen functional groups attached to an aromatic ring is 1. The van der Waals surface area contributed by atoms with Gasteiger partial charge < -0.3 is 15.5 Å². The van der Waals surface area contributed by atoms with Gasteiger partial charge in [0.2, 0.25) is 0 Å². The summed E-state index contributed by atoms with van der Waals surface area (Å²) in [7, 11) is 3.99. The Bertz CT molecular complexity index is 445. The lowest BCUT2D eigenvalue weighted by Crippen LogP contribution is -2.44. The average molecular weight is 264 g/mol. The fourth-order valence-corrected chi connectivity index (χ4v) is 2.20. The van der Waals surface area contributed by atoms with E-state index >= 15 is 0 Å². The number of amides is 1. The Labute approximate surface area is 115 Å². The van der Waals surface area contributed by atoms with Crippen LogP contribution in [0.25, 0.3) is 0 Å². The van der Waals surface area contributed by atoms with Crippen molar-refractivity contribution in [2.75, 3.05) is 32.9 Å². The van der Waals surface area contributed by atoms with Crippen molar-refractivity contribution in [1.82, 2.24) is 14.8 Å². The second-order valence-electron chi connectivity index (χ2n) is 5.12. The Balaban J connectivity index is 2.95. The summed E-state index contributed by atoms with van der Waals surface area (Å²) in [4.78, 5) is 20.6. The van der Waals surface area contributed by atoms with Gasteiger partial charge in [0.1, 0.15) is 0 Å². The van der Waals surface area contributed by atoms with Crippen LogP contribution in [-0.4, -0.2) is 53.9 Å². The van der Waals surface area contributed by atoms with E-state index in [9.17, 15) is 4.79 Å². The molecule has 0 aliphatic heterocycles. The monoisotopic (exact) mass is 264 g/mol. The van der Waals surface area contributed by atoms with E-state index in [0.717, 1.165) is 12.2 Å². The molecule has 2 N–H and O–H groups in total. The maximum atomic E-state index is 12.5. The Morgan fingerprint density at radius 3 is 2.58 bits per heavy atom. The zero-order valence-electron chi connectivity index (χ0n) is 12.5. The number of aromatic nitrogens is 1. The van der Waals surface area contributed by atoms with E-state index in [1.165, 1.54) is 0 Å². The third-order valence-corrected chi connectivity index (χ3v) is 3.07. The number of anilines is 1. The van der Waals surface area contributed by atoms with Crippen LogP contribution in [0.1, 0.15) is 29.9 Å². The van der Waals surface area contributed by atoms with Gasteiger partial charge in [-0.3, -0.25) is 9.78 Å². The molecule has 0 bridgehead atoms. The fraction of sp³-hybridized carbons (Fsp3) is 0.571. The number of carbonyl (C=O) groups excluding carboxylic acids is 1. The van der Waals surface area contributed by atoms with Gasteiger partial charge in [-0.2, -0.15) is 0 Å². The molecule has 1 amide bonds. The molecule has 0 aliphatic carbocycles. The molecule has 1 atom stereocenters. The number of nitrogens with zero attached hydrogens (tertiary/aromatic N) is 3. The normalized spacial score (nSPS) is 12.5. The standard InChI is InChI=1S/C14H24N4O/c1-6-18(11(3)9-17(4)5)14(19)12-8-16-10(2)7-13(12)15/h7-8,11H,6,9H2,1-5H3,(H2,15,16). The molecular weight excluding hydrogens is 240 g/mol. The van der Waals surface area contributed by atoms with Crippen molar-refractivity contribution in [2.45, 2.75) is 26.8 Å². The minimum absolute atomic E-state index is 0.0538. The molecule has 5 heteroatoms. The van der Waals surface area contributed by atoms with Crippen molar-refractivity contribution >= 4 is 11.6 Å². The van der Waals surface area contributed by atoms with Crippen molar-refractivity contribution in [3.8, 4) is 0 Å². The molecule has 0 spiro atoms. The molecule has 5 nitrogen and oxygen atoms in total. The number of hydrogen-bond acceptors (Lipinski definition) is 4. The van der Waals surface area contributed by atoms with E-state index in [2.05, 4.69) is 9.88 Å². The van der Waals surface area contributed by atoms with Crippen molar-refractivity contribution in [3.05, 3.63) is 23.5 Å². The predicted molar refractivity (Wildman–Crippen MR) is 78.1 cm³/mol. The molecule has 1 rings (SSSR count). The largest absolute Gasteiger partial charge is 0.398 e. The molecule has 0 fully saturated rings. The van der Waals surface area contributed by atoms with Gasteiger partial charge in [0.05, 0.1) is 5.56 Å². The topological polar surface area (TPSA) is 62.5 Å². The molecule has 1 heterocycles. The van der Waals surface area contributed by atoms with Gasteiger partial charge in [-0.05, 0) is 40.9 Å². The number of carbonyl (C=O) groups is 1. The van der Waals surface area contributed by atoms with E-state index < -0.39 is 0 Å². The number of hydrogen-bond donors (Lipinski definition) is 1. The number of aryl methyl sites for hydroxylation is 1. The highest BCUT2D eigenvalue weighted by Crippen LogP contribution is 2.16. The van der Waals surface area contributed by atoms with Gasteiger partial charge in [-0.25, -0.2) is 0 Å².